The topological polar surface area (TPSA) is 105 Å². The third-order valence-electron chi connectivity index (χ3n) is 7.21. The zero-order valence-electron chi connectivity index (χ0n) is 19.2. The molecule has 180 valence electrons. The lowest BCUT2D eigenvalue weighted by Gasteiger charge is -2.41. The lowest BCUT2D eigenvalue weighted by molar-refractivity contribution is -0.144. The fraction of sp³-hybridized carbons (Fsp3) is 0.440. The largest absolute Gasteiger partial charge is 0.481 e. The first kappa shape index (κ1) is 23.0. The Morgan fingerprint density at radius 1 is 1.18 bits per heavy atom. The summed E-state index contributed by atoms with van der Waals surface area (Å²) in [6.07, 6.45) is 6.69. The van der Waals surface area contributed by atoms with Crippen molar-refractivity contribution in [2.75, 3.05) is 19.6 Å². The number of aromatic nitrogens is 2. The van der Waals surface area contributed by atoms with Gasteiger partial charge in [-0.1, -0.05) is 17.7 Å². The van der Waals surface area contributed by atoms with Crippen molar-refractivity contribution < 1.29 is 18.3 Å². The Morgan fingerprint density at radius 2 is 1.97 bits per heavy atom. The fourth-order valence-corrected chi connectivity index (χ4v) is 6.68. The average Bonchev–Trinajstić information content (AvgIpc) is 3.25. The standard InChI is InChI=1S/C25H30N4O4S/c1-17-6-8-20(9-7-17)34(32,33)29-16-22(21-5-2-11-27-24(21)29)23-14-19(10-12-26-23)28-13-3-4-18(15-28)25(30)31/h2,5-9,11,16,18-19,23,26H,3-4,10,12-15H2,1H3,(H,30,31). The number of aliphatic carboxylic acids is 1. The van der Waals surface area contributed by atoms with E-state index in [0.717, 1.165) is 55.3 Å². The molecule has 0 aliphatic carbocycles. The van der Waals surface area contributed by atoms with E-state index in [1.807, 2.05) is 19.1 Å². The Kier molecular flexibility index (Phi) is 6.18. The molecule has 3 aromatic rings. The van der Waals surface area contributed by atoms with E-state index in [1.165, 1.54) is 3.97 Å². The smallest absolute Gasteiger partial charge is 0.307 e. The predicted octanol–water partition coefficient (Wildman–Crippen LogP) is 3.17. The fourth-order valence-electron chi connectivity index (χ4n) is 5.35. The van der Waals surface area contributed by atoms with E-state index in [2.05, 4.69) is 15.2 Å². The minimum atomic E-state index is -3.80. The van der Waals surface area contributed by atoms with Crippen molar-refractivity contribution in [1.29, 1.82) is 0 Å². The van der Waals surface area contributed by atoms with Gasteiger partial charge >= 0.3 is 5.97 Å². The van der Waals surface area contributed by atoms with Crippen LogP contribution in [0, 0.1) is 12.8 Å². The second-order valence-electron chi connectivity index (χ2n) is 9.43. The summed E-state index contributed by atoms with van der Waals surface area (Å²) in [6.45, 7) is 4.21. The summed E-state index contributed by atoms with van der Waals surface area (Å²) < 4.78 is 28.3. The Morgan fingerprint density at radius 3 is 2.74 bits per heavy atom. The minimum Gasteiger partial charge on any atom is -0.481 e. The van der Waals surface area contributed by atoms with Gasteiger partial charge in [0.15, 0.2) is 5.65 Å². The van der Waals surface area contributed by atoms with Crippen LogP contribution in [-0.4, -0.2) is 59.0 Å². The Bertz CT molecular complexity index is 1300. The van der Waals surface area contributed by atoms with E-state index in [0.29, 0.717) is 12.2 Å². The van der Waals surface area contributed by atoms with Gasteiger partial charge in [0.1, 0.15) is 0 Å². The first-order valence-electron chi connectivity index (χ1n) is 11.8. The molecule has 2 N–H and O–H groups in total. The van der Waals surface area contributed by atoms with E-state index in [9.17, 15) is 18.3 Å². The van der Waals surface area contributed by atoms with E-state index in [4.69, 9.17) is 0 Å². The summed E-state index contributed by atoms with van der Waals surface area (Å²) in [7, 11) is -3.80. The number of hydrogen-bond donors (Lipinski definition) is 2. The molecular weight excluding hydrogens is 452 g/mol. The molecular formula is C25H30N4O4S. The number of piperidine rings is 2. The van der Waals surface area contributed by atoms with Gasteiger partial charge < -0.3 is 10.4 Å². The molecule has 0 radical (unpaired) electrons. The lowest BCUT2D eigenvalue weighted by atomic mass is 9.90. The second-order valence-corrected chi connectivity index (χ2v) is 11.2. The van der Waals surface area contributed by atoms with Crippen molar-refractivity contribution in [1.82, 2.24) is 19.2 Å². The van der Waals surface area contributed by atoms with Crippen molar-refractivity contribution >= 4 is 27.0 Å². The number of carboxylic acid groups (broad SMARTS) is 1. The Balaban J connectivity index is 1.47. The molecule has 1 aromatic carbocycles. The van der Waals surface area contributed by atoms with Crippen LogP contribution in [0.15, 0.2) is 53.7 Å². The van der Waals surface area contributed by atoms with Crippen LogP contribution in [0.4, 0.5) is 0 Å². The third-order valence-corrected chi connectivity index (χ3v) is 8.87. The molecule has 5 rings (SSSR count). The van der Waals surface area contributed by atoms with Gasteiger partial charge in [-0.2, -0.15) is 0 Å². The quantitative estimate of drug-likeness (QED) is 0.576. The highest BCUT2D eigenvalue weighted by Gasteiger charge is 2.34. The average molecular weight is 483 g/mol. The third kappa shape index (κ3) is 4.23. The van der Waals surface area contributed by atoms with Crippen LogP contribution in [0.2, 0.25) is 0 Å². The van der Waals surface area contributed by atoms with Gasteiger partial charge in [-0.3, -0.25) is 9.69 Å². The number of benzene rings is 1. The summed E-state index contributed by atoms with van der Waals surface area (Å²) in [6, 6.07) is 10.8. The SMILES string of the molecule is Cc1ccc(S(=O)(=O)n2cc(C3CC(N4CCCC(C(=O)O)C4)CCN3)c3cccnc32)cc1. The van der Waals surface area contributed by atoms with Crippen LogP contribution < -0.4 is 5.32 Å². The van der Waals surface area contributed by atoms with Gasteiger partial charge in [-0.25, -0.2) is 17.4 Å². The first-order chi connectivity index (χ1) is 16.3. The van der Waals surface area contributed by atoms with E-state index in [1.54, 1.807) is 36.7 Å². The number of nitrogens with zero attached hydrogens (tertiary/aromatic N) is 3. The molecule has 2 aliphatic rings. The van der Waals surface area contributed by atoms with Crippen molar-refractivity contribution in [3.8, 4) is 0 Å². The van der Waals surface area contributed by atoms with Gasteiger partial charge in [0, 0.05) is 36.4 Å². The van der Waals surface area contributed by atoms with Crippen molar-refractivity contribution in [3.63, 3.8) is 0 Å². The van der Waals surface area contributed by atoms with Gasteiger partial charge in [0.25, 0.3) is 10.0 Å². The highest BCUT2D eigenvalue weighted by atomic mass is 32.2. The second kappa shape index (κ2) is 9.13. The zero-order chi connectivity index (χ0) is 23.9. The molecule has 2 saturated heterocycles. The molecule has 0 amide bonds. The molecule has 8 nitrogen and oxygen atoms in total. The number of likely N-dealkylation sites (tertiary alicyclic amines) is 1. The number of hydrogen-bond acceptors (Lipinski definition) is 6. The molecule has 2 aromatic heterocycles. The number of nitrogens with one attached hydrogen (secondary N) is 1. The number of rotatable bonds is 5. The molecule has 9 heteroatoms. The number of carbonyl (C=O) groups is 1. The monoisotopic (exact) mass is 482 g/mol. The highest BCUT2D eigenvalue weighted by molar-refractivity contribution is 7.90. The Labute approximate surface area is 199 Å². The maximum Gasteiger partial charge on any atom is 0.307 e. The van der Waals surface area contributed by atoms with Crippen LogP contribution in [0.1, 0.15) is 42.9 Å². The minimum absolute atomic E-state index is 0.0369. The van der Waals surface area contributed by atoms with Crippen LogP contribution in [0.5, 0.6) is 0 Å². The van der Waals surface area contributed by atoms with Crippen molar-refractivity contribution in [3.05, 3.63) is 59.9 Å². The molecule has 2 aliphatic heterocycles. The molecule has 4 heterocycles. The maximum atomic E-state index is 13.5. The molecule has 3 unspecified atom stereocenters. The zero-order valence-corrected chi connectivity index (χ0v) is 20.0. The summed E-state index contributed by atoms with van der Waals surface area (Å²) in [5.41, 5.74) is 2.33. The highest BCUT2D eigenvalue weighted by Crippen LogP contribution is 2.34. The van der Waals surface area contributed by atoms with Crippen LogP contribution >= 0.6 is 0 Å². The summed E-state index contributed by atoms with van der Waals surface area (Å²) in [5, 5.41) is 13.9. The molecule has 0 bridgehead atoms. The van der Waals surface area contributed by atoms with Gasteiger partial charge in [-0.05, 0) is 75.5 Å². The molecule has 0 saturated carbocycles. The van der Waals surface area contributed by atoms with Crippen LogP contribution in [0.25, 0.3) is 11.0 Å². The van der Waals surface area contributed by atoms with Crippen molar-refractivity contribution in [2.24, 2.45) is 5.92 Å². The summed E-state index contributed by atoms with van der Waals surface area (Å²) in [4.78, 5) is 18.5. The number of fused-ring (bicyclic) bond motifs is 1. The Hall–Kier alpha value is -2.75. The molecule has 3 atom stereocenters. The van der Waals surface area contributed by atoms with E-state index < -0.39 is 16.0 Å². The van der Waals surface area contributed by atoms with Crippen LogP contribution in [-0.2, 0) is 14.8 Å². The first-order valence-corrected chi connectivity index (χ1v) is 13.3. The van der Waals surface area contributed by atoms with Gasteiger partial charge in [0.2, 0.25) is 0 Å². The number of carboxylic acids is 1. The summed E-state index contributed by atoms with van der Waals surface area (Å²) in [5.74, 6) is -1.03. The van der Waals surface area contributed by atoms with E-state index >= 15 is 0 Å². The van der Waals surface area contributed by atoms with Crippen LogP contribution in [0.3, 0.4) is 0 Å². The summed E-state index contributed by atoms with van der Waals surface area (Å²) >= 11 is 0. The molecule has 2 fully saturated rings. The van der Waals surface area contributed by atoms with Crippen molar-refractivity contribution in [2.45, 2.75) is 49.6 Å². The van der Waals surface area contributed by atoms with Gasteiger partial charge in [-0.15, -0.1) is 0 Å². The number of aryl methyl sites for hydroxylation is 1. The molecule has 34 heavy (non-hydrogen) atoms. The molecule has 0 spiro atoms. The maximum absolute atomic E-state index is 13.5. The normalized spacial score (nSPS) is 24.3. The predicted molar refractivity (Wildman–Crippen MR) is 129 cm³/mol. The van der Waals surface area contributed by atoms with E-state index in [-0.39, 0.29) is 22.9 Å². The lowest BCUT2D eigenvalue weighted by Crippen LogP contribution is -2.49. The van der Waals surface area contributed by atoms with Gasteiger partial charge in [0.05, 0.1) is 10.8 Å². The number of pyridine rings is 1.